The van der Waals surface area contributed by atoms with Gasteiger partial charge in [-0.1, -0.05) is 0 Å². The Kier molecular flexibility index (Phi) is 5.51. The van der Waals surface area contributed by atoms with Crippen molar-refractivity contribution in [1.82, 2.24) is 20.3 Å². The lowest BCUT2D eigenvalue weighted by Gasteiger charge is -2.33. The normalized spacial score (nSPS) is 21.8. The van der Waals surface area contributed by atoms with E-state index in [1.54, 1.807) is 4.90 Å². The number of nitrogens with one attached hydrogen (secondary N) is 2. The van der Waals surface area contributed by atoms with Crippen LogP contribution in [-0.4, -0.2) is 52.5 Å². The molecule has 1 saturated heterocycles. The molecule has 2 aliphatic heterocycles. The van der Waals surface area contributed by atoms with Crippen LogP contribution in [0.1, 0.15) is 37.3 Å². The Balaban J connectivity index is 1.90. The SMILES string of the molecule is C[C@H]1CN(c2cc(C(F)(F)F)cc(-c3ncnc4c3C(C(C)(F)F)CC(=O)N4)n2)CCN1. The predicted molar refractivity (Wildman–Crippen MR) is 107 cm³/mol. The molecular formula is C20H21F5N6O. The number of amides is 1. The molecule has 0 radical (unpaired) electrons. The van der Waals surface area contributed by atoms with Gasteiger partial charge in [-0.2, -0.15) is 13.2 Å². The quantitative estimate of drug-likeness (QED) is 0.689. The van der Waals surface area contributed by atoms with E-state index in [1.807, 2.05) is 6.92 Å². The zero-order chi connectivity index (χ0) is 23.3. The third kappa shape index (κ3) is 4.36. The Morgan fingerprint density at radius 3 is 2.56 bits per heavy atom. The molecule has 2 aliphatic rings. The highest BCUT2D eigenvalue weighted by molar-refractivity contribution is 5.95. The van der Waals surface area contributed by atoms with Gasteiger partial charge in [-0.15, -0.1) is 0 Å². The molecule has 4 heterocycles. The predicted octanol–water partition coefficient (Wildman–Crippen LogP) is 3.44. The van der Waals surface area contributed by atoms with Gasteiger partial charge in [0, 0.05) is 37.7 Å². The summed E-state index contributed by atoms with van der Waals surface area (Å²) in [4.78, 5) is 25.9. The number of nitrogens with zero attached hydrogens (tertiary/aromatic N) is 4. The third-order valence-corrected chi connectivity index (χ3v) is 5.57. The number of pyridine rings is 1. The highest BCUT2D eigenvalue weighted by atomic mass is 19.4. The zero-order valence-corrected chi connectivity index (χ0v) is 17.3. The first-order valence-electron chi connectivity index (χ1n) is 10.0. The van der Waals surface area contributed by atoms with Crippen molar-refractivity contribution >= 4 is 17.5 Å². The number of piperazine rings is 1. The van der Waals surface area contributed by atoms with Crippen molar-refractivity contribution in [3.05, 3.63) is 29.6 Å². The molecule has 0 saturated carbocycles. The molecule has 12 heteroatoms. The van der Waals surface area contributed by atoms with Crippen LogP contribution in [0.3, 0.4) is 0 Å². The number of rotatable bonds is 3. The van der Waals surface area contributed by atoms with E-state index in [1.165, 1.54) is 0 Å². The summed E-state index contributed by atoms with van der Waals surface area (Å²) in [7, 11) is 0. The van der Waals surface area contributed by atoms with Crippen LogP contribution in [0.25, 0.3) is 11.4 Å². The Hall–Kier alpha value is -2.89. The summed E-state index contributed by atoms with van der Waals surface area (Å²) in [6, 6.07) is 1.77. The van der Waals surface area contributed by atoms with Gasteiger partial charge in [-0.3, -0.25) is 4.79 Å². The second-order valence-electron chi connectivity index (χ2n) is 8.14. The number of hydrogen-bond donors (Lipinski definition) is 2. The standard InChI is InChI=1S/C20H21F5N6O/c1-10-8-31(4-3-26-10)14-6-11(20(23,24)25)5-13(29-14)17-16-12(19(2,21)22)7-15(32)30-18(16)28-9-27-17/h5-6,9-10,12,26H,3-4,7-8H2,1-2H3,(H,27,28,30,32)/t10-,12?/m0/s1. The summed E-state index contributed by atoms with van der Waals surface area (Å²) in [5.74, 6) is -5.64. The van der Waals surface area contributed by atoms with Gasteiger partial charge in [0.15, 0.2) is 0 Å². The summed E-state index contributed by atoms with van der Waals surface area (Å²) in [5, 5.41) is 5.61. The molecule has 2 N–H and O–H groups in total. The van der Waals surface area contributed by atoms with E-state index in [-0.39, 0.29) is 34.6 Å². The molecule has 32 heavy (non-hydrogen) atoms. The van der Waals surface area contributed by atoms with E-state index in [0.717, 1.165) is 18.5 Å². The Bertz CT molecular complexity index is 1040. The van der Waals surface area contributed by atoms with Crippen molar-refractivity contribution < 1.29 is 26.7 Å². The average molecular weight is 456 g/mol. The van der Waals surface area contributed by atoms with Crippen molar-refractivity contribution in [2.24, 2.45) is 0 Å². The topological polar surface area (TPSA) is 83.0 Å². The van der Waals surface area contributed by atoms with Gasteiger partial charge in [0.2, 0.25) is 5.91 Å². The van der Waals surface area contributed by atoms with E-state index in [4.69, 9.17) is 0 Å². The van der Waals surface area contributed by atoms with Crippen LogP contribution in [0.15, 0.2) is 18.5 Å². The Labute approximate surface area is 180 Å². The molecule has 1 unspecified atom stereocenters. The zero-order valence-electron chi connectivity index (χ0n) is 17.3. The second-order valence-corrected chi connectivity index (χ2v) is 8.14. The molecule has 0 aromatic carbocycles. The average Bonchev–Trinajstić information content (AvgIpc) is 2.71. The second kappa shape index (κ2) is 7.91. The largest absolute Gasteiger partial charge is 0.416 e. The maximum absolute atomic E-state index is 14.4. The van der Waals surface area contributed by atoms with Gasteiger partial charge < -0.3 is 15.5 Å². The molecule has 7 nitrogen and oxygen atoms in total. The van der Waals surface area contributed by atoms with Crippen molar-refractivity contribution in [2.75, 3.05) is 29.9 Å². The van der Waals surface area contributed by atoms with Gasteiger partial charge in [0.1, 0.15) is 18.0 Å². The molecule has 0 bridgehead atoms. The van der Waals surface area contributed by atoms with E-state index in [2.05, 4.69) is 25.6 Å². The lowest BCUT2D eigenvalue weighted by molar-refractivity contribution is -0.137. The highest BCUT2D eigenvalue weighted by Crippen LogP contribution is 2.45. The third-order valence-electron chi connectivity index (χ3n) is 5.57. The highest BCUT2D eigenvalue weighted by Gasteiger charge is 2.44. The van der Waals surface area contributed by atoms with Crippen LogP contribution in [0.2, 0.25) is 0 Å². The lowest BCUT2D eigenvalue weighted by atomic mass is 9.85. The van der Waals surface area contributed by atoms with Crippen LogP contribution >= 0.6 is 0 Å². The smallest absolute Gasteiger partial charge is 0.354 e. The van der Waals surface area contributed by atoms with E-state index < -0.39 is 35.9 Å². The molecule has 2 atom stereocenters. The molecule has 172 valence electrons. The van der Waals surface area contributed by atoms with Crippen LogP contribution in [0, 0.1) is 0 Å². The van der Waals surface area contributed by atoms with Gasteiger partial charge in [0.05, 0.1) is 22.9 Å². The number of halogens is 5. The summed E-state index contributed by atoms with van der Waals surface area (Å²) in [6.45, 7) is 3.99. The Morgan fingerprint density at radius 2 is 1.91 bits per heavy atom. The lowest BCUT2D eigenvalue weighted by Crippen LogP contribution is -2.49. The first-order chi connectivity index (χ1) is 14.9. The minimum atomic E-state index is -4.68. The van der Waals surface area contributed by atoms with Gasteiger partial charge >= 0.3 is 6.18 Å². The van der Waals surface area contributed by atoms with Crippen LogP contribution in [0.4, 0.5) is 33.6 Å². The molecule has 1 fully saturated rings. The number of aromatic nitrogens is 3. The molecule has 0 aliphatic carbocycles. The van der Waals surface area contributed by atoms with Gasteiger partial charge in [-0.25, -0.2) is 23.7 Å². The fourth-order valence-corrected chi connectivity index (χ4v) is 4.04. The number of carbonyl (C=O) groups is 1. The maximum Gasteiger partial charge on any atom is 0.416 e. The van der Waals surface area contributed by atoms with Gasteiger partial charge in [-0.05, 0) is 26.0 Å². The fraction of sp³-hybridized carbons (Fsp3) is 0.500. The van der Waals surface area contributed by atoms with Crippen molar-refractivity contribution in [1.29, 1.82) is 0 Å². The summed E-state index contributed by atoms with van der Waals surface area (Å²) >= 11 is 0. The molecule has 4 rings (SSSR count). The van der Waals surface area contributed by atoms with E-state index in [0.29, 0.717) is 26.6 Å². The van der Waals surface area contributed by atoms with Crippen molar-refractivity contribution in [3.8, 4) is 11.4 Å². The van der Waals surface area contributed by atoms with Crippen LogP contribution in [-0.2, 0) is 11.0 Å². The monoisotopic (exact) mass is 456 g/mol. The van der Waals surface area contributed by atoms with Crippen LogP contribution in [0.5, 0.6) is 0 Å². The van der Waals surface area contributed by atoms with Crippen LogP contribution < -0.4 is 15.5 Å². The first-order valence-corrected chi connectivity index (χ1v) is 10.0. The minimum absolute atomic E-state index is 0.0359. The number of anilines is 2. The Morgan fingerprint density at radius 1 is 1.16 bits per heavy atom. The summed E-state index contributed by atoms with van der Waals surface area (Å²) in [6.07, 6.45) is -4.21. The summed E-state index contributed by atoms with van der Waals surface area (Å²) in [5.41, 5.74) is -1.44. The number of carbonyl (C=O) groups excluding carboxylic acids is 1. The summed E-state index contributed by atoms with van der Waals surface area (Å²) < 4.78 is 69.9. The number of alkyl halides is 5. The molecular weight excluding hydrogens is 435 g/mol. The van der Waals surface area contributed by atoms with E-state index in [9.17, 15) is 26.7 Å². The number of hydrogen-bond acceptors (Lipinski definition) is 6. The molecule has 1 amide bonds. The fourth-order valence-electron chi connectivity index (χ4n) is 4.04. The minimum Gasteiger partial charge on any atom is -0.354 e. The van der Waals surface area contributed by atoms with Crippen molar-refractivity contribution in [2.45, 2.75) is 44.3 Å². The van der Waals surface area contributed by atoms with E-state index >= 15 is 0 Å². The molecule has 0 spiro atoms. The number of fused-ring (bicyclic) bond motifs is 1. The molecule has 2 aromatic heterocycles. The molecule has 2 aromatic rings. The van der Waals surface area contributed by atoms with Gasteiger partial charge in [0.25, 0.3) is 5.92 Å². The first kappa shape index (κ1) is 22.3. The maximum atomic E-state index is 14.4. The van der Waals surface area contributed by atoms with Crippen molar-refractivity contribution in [3.63, 3.8) is 0 Å².